The zero-order valence-electron chi connectivity index (χ0n) is 11.2. The van der Waals surface area contributed by atoms with Crippen LogP contribution in [0.15, 0.2) is 24.4 Å². The summed E-state index contributed by atoms with van der Waals surface area (Å²) < 4.78 is 15.0. The minimum Gasteiger partial charge on any atom is -0.278 e. The molecule has 5 heteroatoms. The van der Waals surface area contributed by atoms with Gasteiger partial charge in [-0.25, -0.2) is 8.93 Å². The van der Waals surface area contributed by atoms with Gasteiger partial charge < -0.3 is 0 Å². The number of H-pyrrole nitrogens is 1. The second kappa shape index (κ2) is 4.82. The summed E-state index contributed by atoms with van der Waals surface area (Å²) in [5.74, 6) is 0. The molecule has 0 radical (unpaired) electrons. The Morgan fingerprint density at radius 1 is 1.39 bits per heavy atom. The Labute approximate surface area is 110 Å². The summed E-state index contributed by atoms with van der Waals surface area (Å²) in [5.41, 5.74) is 2.11. The lowest BCUT2D eigenvalue weighted by atomic mass is 10.1. The predicted molar refractivity (Wildman–Crippen MR) is 75.5 cm³/mol. The van der Waals surface area contributed by atoms with Crippen molar-refractivity contribution in [1.29, 1.82) is 0 Å². The molecule has 4 nitrogen and oxygen atoms in total. The molecule has 0 amide bonds. The number of hydrogen-bond acceptors (Lipinski definition) is 2. The van der Waals surface area contributed by atoms with E-state index in [-0.39, 0.29) is 10.8 Å². The Morgan fingerprint density at radius 2 is 2.11 bits per heavy atom. The van der Waals surface area contributed by atoms with Crippen molar-refractivity contribution in [3.05, 3.63) is 30.0 Å². The van der Waals surface area contributed by atoms with Gasteiger partial charge in [-0.2, -0.15) is 5.10 Å². The van der Waals surface area contributed by atoms with Crippen LogP contribution in [0.2, 0.25) is 0 Å². The van der Waals surface area contributed by atoms with Crippen LogP contribution < -0.4 is 4.72 Å². The minimum atomic E-state index is -1.08. The van der Waals surface area contributed by atoms with E-state index in [1.54, 1.807) is 0 Å². The van der Waals surface area contributed by atoms with Gasteiger partial charge in [0.15, 0.2) is 0 Å². The van der Waals surface area contributed by atoms with Crippen molar-refractivity contribution in [3.8, 4) is 0 Å². The molecule has 0 aliphatic carbocycles. The third-order valence-corrected chi connectivity index (χ3v) is 4.51. The molecule has 1 aromatic carbocycles. The van der Waals surface area contributed by atoms with Gasteiger partial charge in [0.25, 0.3) is 0 Å². The molecule has 1 aromatic heterocycles. The van der Waals surface area contributed by atoms with Crippen LogP contribution in [0.25, 0.3) is 10.9 Å². The van der Waals surface area contributed by atoms with E-state index in [1.807, 2.05) is 52.1 Å². The van der Waals surface area contributed by atoms with Crippen LogP contribution in [0, 0.1) is 0 Å². The largest absolute Gasteiger partial charge is 0.278 e. The molecule has 98 valence electrons. The highest BCUT2D eigenvalue weighted by Crippen LogP contribution is 2.23. The summed E-state index contributed by atoms with van der Waals surface area (Å²) >= 11 is 0. The summed E-state index contributed by atoms with van der Waals surface area (Å²) in [7, 11) is -1.08. The highest BCUT2D eigenvalue weighted by Gasteiger charge is 2.22. The average molecular weight is 265 g/mol. The summed E-state index contributed by atoms with van der Waals surface area (Å²) in [4.78, 5) is 0. The van der Waals surface area contributed by atoms with Crippen LogP contribution in [-0.2, 0) is 11.0 Å². The molecule has 1 heterocycles. The highest BCUT2D eigenvalue weighted by molar-refractivity contribution is 7.84. The lowest BCUT2D eigenvalue weighted by Gasteiger charge is -2.22. The summed E-state index contributed by atoms with van der Waals surface area (Å²) in [6.07, 6.45) is 1.81. The van der Waals surface area contributed by atoms with E-state index in [4.69, 9.17) is 0 Å². The highest BCUT2D eigenvalue weighted by atomic mass is 32.2. The average Bonchev–Trinajstić information content (AvgIpc) is 2.74. The van der Waals surface area contributed by atoms with Crippen LogP contribution in [0.3, 0.4) is 0 Å². The summed E-state index contributed by atoms with van der Waals surface area (Å²) in [5, 5.41) is 8.06. The van der Waals surface area contributed by atoms with Crippen molar-refractivity contribution < 1.29 is 4.21 Å². The molecule has 0 spiro atoms. The van der Waals surface area contributed by atoms with E-state index in [0.717, 1.165) is 16.5 Å². The van der Waals surface area contributed by atoms with Gasteiger partial charge in [-0.3, -0.25) is 5.10 Å². The maximum atomic E-state index is 12.1. The smallest absolute Gasteiger partial charge is 0.0975 e. The molecule has 2 atom stereocenters. The number of aromatic amines is 1. The molecule has 18 heavy (non-hydrogen) atoms. The molecular weight excluding hydrogens is 246 g/mol. The minimum absolute atomic E-state index is 0.0198. The van der Waals surface area contributed by atoms with E-state index < -0.39 is 11.0 Å². The quantitative estimate of drug-likeness (QED) is 0.896. The van der Waals surface area contributed by atoms with Crippen molar-refractivity contribution in [2.45, 2.75) is 38.5 Å². The third-order valence-electron chi connectivity index (χ3n) is 2.83. The van der Waals surface area contributed by atoms with Gasteiger partial charge in [0.2, 0.25) is 0 Å². The standard InChI is InChI=1S/C13H19N3OS/c1-9(16-18(17)13(2,3)4)10-6-5-7-12-11(10)8-14-15-12/h5-9,16H,1-4H3,(H,14,15)/t9-,18-/m1/s1. The van der Waals surface area contributed by atoms with Gasteiger partial charge in [0, 0.05) is 11.4 Å². The summed E-state index contributed by atoms with van der Waals surface area (Å²) in [6, 6.07) is 6.02. The lowest BCUT2D eigenvalue weighted by Crippen LogP contribution is -2.34. The summed E-state index contributed by atoms with van der Waals surface area (Å²) in [6.45, 7) is 7.90. The molecule has 2 aromatic rings. The predicted octanol–water partition coefficient (Wildman–Crippen LogP) is 2.68. The Balaban J connectivity index is 2.26. The van der Waals surface area contributed by atoms with Crippen LogP contribution in [0.1, 0.15) is 39.3 Å². The normalized spacial score (nSPS) is 15.8. The fraction of sp³-hybridized carbons (Fsp3) is 0.462. The van der Waals surface area contributed by atoms with E-state index >= 15 is 0 Å². The van der Waals surface area contributed by atoms with Gasteiger partial charge in [0.1, 0.15) is 0 Å². The number of benzene rings is 1. The van der Waals surface area contributed by atoms with E-state index in [9.17, 15) is 4.21 Å². The van der Waals surface area contributed by atoms with E-state index in [2.05, 4.69) is 14.9 Å². The fourth-order valence-electron chi connectivity index (χ4n) is 1.77. The Bertz CT molecular complexity index is 571. The lowest BCUT2D eigenvalue weighted by molar-refractivity contribution is 0.617. The Morgan fingerprint density at radius 3 is 2.78 bits per heavy atom. The molecule has 0 bridgehead atoms. The first-order valence-electron chi connectivity index (χ1n) is 5.99. The Kier molecular flexibility index (Phi) is 3.54. The van der Waals surface area contributed by atoms with E-state index in [0.29, 0.717) is 0 Å². The number of aromatic nitrogens is 2. The molecule has 2 N–H and O–H groups in total. The van der Waals surface area contributed by atoms with Crippen LogP contribution >= 0.6 is 0 Å². The second-order valence-corrected chi connectivity index (χ2v) is 7.40. The number of rotatable bonds is 3. The van der Waals surface area contributed by atoms with Gasteiger partial charge in [-0.05, 0) is 39.3 Å². The van der Waals surface area contributed by atoms with Crippen LogP contribution in [-0.4, -0.2) is 19.2 Å². The first-order chi connectivity index (χ1) is 8.39. The van der Waals surface area contributed by atoms with Gasteiger partial charge >= 0.3 is 0 Å². The first kappa shape index (κ1) is 13.2. The van der Waals surface area contributed by atoms with Crippen molar-refractivity contribution in [1.82, 2.24) is 14.9 Å². The second-order valence-electron chi connectivity index (χ2n) is 5.40. The maximum absolute atomic E-state index is 12.1. The van der Waals surface area contributed by atoms with E-state index in [1.165, 1.54) is 0 Å². The molecule has 0 saturated carbocycles. The number of nitrogens with one attached hydrogen (secondary N) is 2. The molecule has 0 saturated heterocycles. The van der Waals surface area contributed by atoms with Crippen molar-refractivity contribution >= 4 is 21.9 Å². The zero-order chi connectivity index (χ0) is 13.3. The molecule has 0 aliphatic heterocycles. The SMILES string of the molecule is C[C@@H](N[S@](=O)C(C)(C)C)c1cccc2[nH]ncc12. The number of nitrogens with zero attached hydrogens (tertiary/aromatic N) is 1. The maximum Gasteiger partial charge on any atom is 0.0975 e. The third kappa shape index (κ3) is 2.62. The molecular formula is C13H19N3OS. The van der Waals surface area contributed by atoms with Crippen LogP contribution in [0.5, 0.6) is 0 Å². The first-order valence-corrected chi connectivity index (χ1v) is 7.14. The fourth-order valence-corrected chi connectivity index (χ4v) is 2.57. The number of fused-ring (bicyclic) bond motifs is 1. The number of hydrogen-bond donors (Lipinski definition) is 2. The van der Waals surface area contributed by atoms with Gasteiger partial charge in [0.05, 0.1) is 27.4 Å². The molecule has 0 fully saturated rings. The molecule has 0 aliphatic rings. The van der Waals surface area contributed by atoms with Crippen molar-refractivity contribution in [2.24, 2.45) is 0 Å². The van der Waals surface area contributed by atoms with Gasteiger partial charge in [-0.1, -0.05) is 12.1 Å². The topological polar surface area (TPSA) is 57.8 Å². The zero-order valence-corrected chi connectivity index (χ0v) is 12.0. The van der Waals surface area contributed by atoms with Crippen molar-refractivity contribution in [3.63, 3.8) is 0 Å². The Hall–Kier alpha value is -1.20. The van der Waals surface area contributed by atoms with Crippen LogP contribution in [0.4, 0.5) is 0 Å². The van der Waals surface area contributed by atoms with Gasteiger partial charge in [-0.15, -0.1) is 0 Å². The van der Waals surface area contributed by atoms with Crippen molar-refractivity contribution in [2.75, 3.05) is 0 Å². The monoisotopic (exact) mass is 265 g/mol. The molecule has 2 rings (SSSR count). The molecule has 0 unspecified atom stereocenters.